The maximum absolute atomic E-state index is 13.2. The van der Waals surface area contributed by atoms with Crippen LogP contribution in [0.4, 0.5) is 11.5 Å². The van der Waals surface area contributed by atoms with Gasteiger partial charge >= 0.3 is 0 Å². The molecule has 2 aromatic carbocycles. The number of nitrogen functional groups attached to an aromatic ring is 1. The average Bonchev–Trinajstić information content (AvgIpc) is 2.99. The van der Waals surface area contributed by atoms with Crippen LogP contribution < -0.4 is 15.5 Å². The molecule has 1 aromatic heterocycles. The van der Waals surface area contributed by atoms with Gasteiger partial charge in [0.05, 0.1) is 16.1 Å². The predicted molar refractivity (Wildman–Crippen MR) is 129 cm³/mol. The third-order valence-corrected chi connectivity index (χ3v) is 7.11. The predicted octanol–water partition coefficient (Wildman–Crippen LogP) is 3.99. The van der Waals surface area contributed by atoms with Crippen LogP contribution in [0.5, 0.6) is 0 Å². The molecule has 32 heavy (non-hydrogen) atoms. The van der Waals surface area contributed by atoms with Crippen molar-refractivity contribution in [3.05, 3.63) is 72.1 Å². The SMILES string of the molecule is CC1C=C(NS(=O)(=O)c2ccc(C(C)(C)C)cc2)N(c2cc(N)nc3ccccc23)N1C. The zero-order valence-corrected chi connectivity index (χ0v) is 19.8. The first-order valence-corrected chi connectivity index (χ1v) is 12.0. The highest BCUT2D eigenvalue weighted by molar-refractivity contribution is 7.89. The molecule has 3 aromatic rings. The number of hydrogen-bond donors (Lipinski definition) is 2. The summed E-state index contributed by atoms with van der Waals surface area (Å²) < 4.78 is 29.3. The minimum atomic E-state index is -3.79. The molecule has 1 unspecified atom stereocenters. The molecule has 8 heteroatoms. The Morgan fingerprint density at radius 2 is 1.72 bits per heavy atom. The number of rotatable bonds is 4. The number of nitrogens with zero attached hydrogens (tertiary/aromatic N) is 3. The first-order chi connectivity index (χ1) is 15.0. The summed E-state index contributed by atoms with van der Waals surface area (Å²) in [4.78, 5) is 4.62. The number of para-hydroxylation sites is 1. The lowest BCUT2D eigenvalue weighted by Crippen LogP contribution is -2.42. The molecule has 0 aliphatic carbocycles. The highest BCUT2D eigenvalue weighted by atomic mass is 32.2. The fourth-order valence-corrected chi connectivity index (χ4v) is 4.86. The van der Waals surface area contributed by atoms with Crippen molar-refractivity contribution in [1.29, 1.82) is 0 Å². The first-order valence-electron chi connectivity index (χ1n) is 10.5. The molecule has 3 N–H and O–H groups in total. The second-order valence-corrected chi connectivity index (χ2v) is 10.8. The molecule has 0 amide bonds. The van der Waals surface area contributed by atoms with E-state index in [1.165, 1.54) is 0 Å². The highest BCUT2D eigenvalue weighted by Gasteiger charge is 2.32. The number of hydrazine groups is 1. The Kier molecular flexibility index (Phi) is 5.38. The van der Waals surface area contributed by atoms with Crippen LogP contribution in [0.3, 0.4) is 0 Å². The monoisotopic (exact) mass is 451 g/mol. The van der Waals surface area contributed by atoms with E-state index < -0.39 is 10.0 Å². The van der Waals surface area contributed by atoms with Gasteiger partial charge in [0, 0.05) is 24.5 Å². The number of anilines is 2. The van der Waals surface area contributed by atoms with E-state index in [-0.39, 0.29) is 16.4 Å². The topological polar surface area (TPSA) is 91.6 Å². The van der Waals surface area contributed by atoms with Gasteiger partial charge in [0.25, 0.3) is 10.0 Å². The lowest BCUT2D eigenvalue weighted by molar-refractivity contribution is 0.316. The van der Waals surface area contributed by atoms with Crippen LogP contribution in [-0.4, -0.2) is 31.5 Å². The Morgan fingerprint density at radius 1 is 1.06 bits per heavy atom. The summed E-state index contributed by atoms with van der Waals surface area (Å²) in [5.74, 6) is 0.822. The van der Waals surface area contributed by atoms with Crippen LogP contribution in [0.1, 0.15) is 33.3 Å². The van der Waals surface area contributed by atoms with Crippen LogP contribution in [-0.2, 0) is 15.4 Å². The van der Waals surface area contributed by atoms with Crippen molar-refractivity contribution in [1.82, 2.24) is 14.7 Å². The third-order valence-electron chi connectivity index (χ3n) is 5.74. The average molecular weight is 452 g/mol. The van der Waals surface area contributed by atoms with Gasteiger partial charge in [-0.1, -0.05) is 51.1 Å². The molecule has 4 rings (SSSR count). The number of benzene rings is 2. The summed E-state index contributed by atoms with van der Waals surface area (Å²) in [6.07, 6.45) is 1.88. The molecular formula is C24H29N5O2S. The summed E-state index contributed by atoms with van der Waals surface area (Å²) in [6, 6.07) is 16.4. The van der Waals surface area contributed by atoms with E-state index in [2.05, 4.69) is 30.5 Å². The van der Waals surface area contributed by atoms with E-state index in [0.29, 0.717) is 11.6 Å². The van der Waals surface area contributed by atoms with Crippen molar-refractivity contribution < 1.29 is 8.42 Å². The van der Waals surface area contributed by atoms with Gasteiger partial charge in [-0.15, -0.1) is 0 Å². The molecule has 0 spiro atoms. The molecule has 168 valence electrons. The van der Waals surface area contributed by atoms with E-state index in [9.17, 15) is 8.42 Å². The molecule has 1 atom stereocenters. The molecule has 7 nitrogen and oxygen atoms in total. The summed E-state index contributed by atoms with van der Waals surface area (Å²) in [5, 5.41) is 4.68. The molecule has 0 bridgehead atoms. The van der Waals surface area contributed by atoms with E-state index in [1.807, 2.05) is 66.5 Å². The summed E-state index contributed by atoms with van der Waals surface area (Å²) in [5.41, 5.74) is 8.60. The van der Waals surface area contributed by atoms with Gasteiger partial charge in [0.2, 0.25) is 0 Å². The minimum Gasteiger partial charge on any atom is -0.384 e. The summed E-state index contributed by atoms with van der Waals surface area (Å²) in [7, 11) is -1.88. The highest BCUT2D eigenvalue weighted by Crippen LogP contribution is 2.34. The maximum atomic E-state index is 13.2. The van der Waals surface area contributed by atoms with Crippen molar-refractivity contribution in [2.75, 3.05) is 17.8 Å². The smallest absolute Gasteiger partial charge is 0.263 e. The van der Waals surface area contributed by atoms with Gasteiger partial charge in [-0.3, -0.25) is 9.73 Å². The maximum Gasteiger partial charge on any atom is 0.263 e. The van der Waals surface area contributed by atoms with Gasteiger partial charge in [-0.25, -0.2) is 18.4 Å². The van der Waals surface area contributed by atoms with E-state index in [4.69, 9.17) is 5.73 Å². The van der Waals surface area contributed by atoms with Crippen LogP contribution in [0.25, 0.3) is 10.9 Å². The molecule has 1 aliphatic rings. The summed E-state index contributed by atoms with van der Waals surface area (Å²) >= 11 is 0. The Hall–Kier alpha value is -3.10. The van der Waals surface area contributed by atoms with Crippen molar-refractivity contribution in [2.24, 2.45) is 0 Å². The largest absolute Gasteiger partial charge is 0.384 e. The fourth-order valence-electron chi connectivity index (χ4n) is 3.82. The molecule has 0 saturated carbocycles. The van der Waals surface area contributed by atoms with Crippen molar-refractivity contribution in [3.8, 4) is 0 Å². The number of hydrogen-bond acceptors (Lipinski definition) is 6. The summed E-state index contributed by atoms with van der Waals surface area (Å²) in [6.45, 7) is 8.28. The van der Waals surface area contributed by atoms with E-state index in [0.717, 1.165) is 22.2 Å². The molecule has 0 fully saturated rings. The number of sulfonamides is 1. The third kappa shape index (κ3) is 4.03. The quantitative estimate of drug-likeness (QED) is 0.623. The van der Waals surface area contributed by atoms with E-state index >= 15 is 0 Å². The van der Waals surface area contributed by atoms with Crippen molar-refractivity contribution >= 4 is 32.4 Å². The number of nitrogens with two attached hydrogens (primary N) is 1. The van der Waals surface area contributed by atoms with Gasteiger partial charge in [0.1, 0.15) is 11.6 Å². The standard InChI is InChI=1S/C24H29N5O2S/c1-16-14-23(27-32(30,31)18-12-10-17(11-13-18)24(2,3)4)29(28(16)5)21-15-22(25)26-20-9-7-6-8-19(20)21/h6-16,27H,1-5H3,(H2,25,26). The van der Waals surface area contributed by atoms with Gasteiger partial charge in [-0.05, 0) is 42.2 Å². The Morgan fingerprint density at radius 3 is 2.38 bits per heavy atom. The first kappa shape index (κ1) is 22.1. The van der Waals surface area contributed by atoms with Gasteiger partial charge < -0.3 is 5.73 Å². The van der Waals surface area contributed by atoms with Crippen LogP contribution >= 0.6 is 0 Å². The zero-order chi connectivity index (χ0) is 23.3. The molecule has 0 saturated heterocycles. The molecule has 1 aliphatic heterocycles. The molecular weight excluding hydrogens is 422 g/mol. The zero-order valence-electron chi connectivity index (χ0n) is 19.0. The van der Waals surface area contributed by atoms with E-state index in [1.54, 1.807) is 18.2 Å². The molecule has 2 heterocycles. The second kappa shape index (κ2) is 7.79. The van der Waals surface area contributed by atoms with Crippen LogP contribution in [0, 0.1) is 0 Å². The van der Waals surface area contributed by atoms with Crippen molar-refractivity contribution in [3.63, 3.8) is 0 Å². The fraction of sp³-hybridized carbons (Fsp3) is 0.292. The number of fused-ring (bicyclic) bond motifs is 1. The van der Waals surface area contributed by atoms with Crippen LogP contribution in [0.15, 0.2) is 71.4 Å². The number of aromatic nitrogens is 1. The number of nitrogens with one attached hydrogen (secondary N) is 1. The molecule has 0 radical (unpaired) electrons. The Labute approximate surface area is 189 Å². The van der Waals surface area contributed by atoms with Crippen molar-refractivity contribution in [2.45, 2.75) is 44.0 Å². The van der Waals surface area contributed by atoms with Crippen LogP contribution in [0.2, 0.25) is 0 Å². The normalized spacial score (nSPS) is 17.6. The van der Waals surface area contributed by atoms with Gasteiger partial charge in [-0.2, -0.15) is 0 Å². The minimum absolute atomic E-state index is 0.0240. The lowest BCUT2D eigenvalue weighted by Gasteiger charge is -2.32. The number of likely N-dealkylation sites (N-methyl/N-ethyl adjacent to an activating group) is 1. The van der Waals surface area contributed by atoms with Gasteiger partial charge in [0.15, 0.2) is 0 Å². The number of pyridine rings is 1. The Balaban J connectivity index is 1.73. The lowest BCUT2D eigenvalue weighted by atomic mass is 9.87. The Bertz CT molecular complexity index is 1290. The second-order valence-electron chi connectivity index (χ2n) is 9.14.